The van der Waals surface area contributed by atoms with Crippen molar-refractivity contribution in [3.05, 3.63) is 47.9 Å². The normalized spacial score (nSPS) is 14.5. The van der Waals surface area contributed by atoms with Gasteiger partial charge in [-0.3, -0.25) is 0 Å². The average Bonchev–Trinajstić information content (AvgIpc) is 3.15. The number of nitrogens with zero attached hydrogens (tertiary/aromatic N) is 3. The second-order valence-electron chi connectivity index (χ2n) is 8.70. The Morgan fingerprint density at radius 1 is 1.26 bits per heavy atom. The molecule has 0 atom stereocenters. The molecular weight excluding hydrogens is 394 g/mol. The van der Waals surface area contributed by atoms with Crippen molar-refractivity contribution in [2.24, 2.45) is 0 Å². The molecule has 2 aromatic heterocycles. The minimum atomic E-state index is -0.504. The van der Waals surface area contributed by atoms with Gasteiger partial charge >= 0.3 is 6.09 Å². The summed E-state index contributed by atoms with van der Waals surface area (Å²) in [6.07, 6.45) is 3.99. The van der Waals surface area contributed by atoms with Crippen molar-refractivity contribution in [3.8, 4) is 5.75 Å². The number of ether oxygens (including phenoxy) is 1. The molecule has 3 heterocycles. The van der Waals surface area contributed by atoms with E-state index in [-0.39, 0.29) is 11.8 Å². The van der Waals surface area contributed by atoms with Crippen LogP contribution in [-0.4, -0.2) is 49.7 Å². The van der Waals surface area contributed by atoms with Gasteiger partial charge < -0.3 is 25.0 Å². The molecule has 0 spiro atoms. The highest BCUT2D eigenvalue weighted by atomic mass is 16.6. The molecule has 0 bridgehead atoms. The molecular formula is C23H27N5O3. The molecule has 0 saturated heterocycles. The van der Waals surface area contributed by atoms with Crippen molar-refractivity contribution < 1.29 is 14.6 Å². The van der Waals surface area contributed by atoms with Gasteiger partial charge in [0.15, 0.2) is 0 Å². The standard InChI is InChI=1S/C23H27N5O3/c1-14-11-16(5-6-19(14)29)26-20-17-12-18(27-21(17)25-13-24-20)15-7-9-28(10-8-15)22(30)31-23(2,3)4/h5-7,11-13,29H,8-10H2,1-4H3,(H2,24,25,26,27). The van der Waals surface area contributed by atoms with E-state index in [0.29, 0.717) is 18.9 Å². The second-order valence-corrected chi connectivity index (χ2v) is 8.70. The van der Waals surface area contributed by atoms with Crippen LogP contribution in [0.15, 0.2) is 36.7 Å². The number of rotatable bonds is 3. The van der Waals surface area contributed by atoms with Crippen LogP contribution >= 0.6 is 0 Å². The molecule has 8 nitrogen and oxygen atoms in total. The molecule has 162 valence electrons. The van der Waals surface area contributed by atoms with Crippen molar-refractivity contribution in [1.29, 1.82) is 0 Å². The van der Waals surface area contributed by atoms with E-state index in [1.807, 2.05) is 45.9 Å². The third-order valence-corrected chi connectivity index (χ3v) is 5.09. The summed E-state index contributed by atoms with van der Waals surface area (Å²) >= 11 is 0. The number of aromatic nitrogens is 3. The molecule has 0 unspecified atom stereocenters. The van der Waals surface area contributed by atoms with E-state index < -0.39 is 5.60 Å². The monoisotopic (exact) mass is 421 g/mol. The molecule has 8 heteroatoms. The Morgan fingerprint density at radius 2 is 2.06 bits per heavy atom. The first-order chi connectivity index (χ1) is 14.7. The van der Waals surface area contributed by atoms with Gasteiger partial charge in [-0.1, -0.05) is 6.08 Å². The van der Waals surface area contributed by atoms with Gasteiger partial charge in [-0.05, 0) is 69.5 Å². The molecule has 0 saturated carbocycles. The lowest BCUT2D eigenvalue weighted by molar-refractivity contribution is 0.0270. The van der Waals surface area contributed by atoms with E-state index in [1.54, 1.807) is 17.0 Å². The van der Waals surface area contributed by atoms with E-state index in [1.165, 1.54) is 6.33 Å². The Bertz CT molecular complexity index is 1160. The summed E-state index contributed by atoms with van der Waals surface area (Å²) in [7, 11) is 0. The largest absolute Gasteiger partial charge is 0.508 e. The number of nitrogens with one attached hydrogen (secondary N) is 2. The van der Waals surface area contributed by atoms with Crippen LogP contribution in [0, 0.1) is 6.92 Å². The van der Waals surface area contributed by atoms with Gasteiger partial charge in [-0.2, -0.15) is 0 Å². The number of fused-ring (bicyclic) bond motifs is 1. The number of phenols is 1. The Balaban J connectivity index is 1.54. The summed E-state index contributed by atoms with van der Waals surface area (Å²) in [5.41, 5.74) is 3.94. The Labute approximate surface area is 181 Å². The molecule has 1 aliphatic rings. The zero-order chi connectivity index (χ0) is 22.2. The fourth-order valence-corrected chi connectivity index (χ4v) is 3.49. The zero-order valence-corrected chi connectivity index (χ0v) is 18.2. The van der Waals surface area contributed by atoms with E-state index in [2.05, 4.69) is 20.3 Å². The predicted octanol–water partition coefficient (Wildman–Crippen LogP) is 4.74. The Hall–Kier alpha value is -3.55. The number of aromatic amines is 1. The number of carbonyl (C=O) groups excluding carboxylic acids is 1. The van der Waals surface area contributed by atoms with Gasteiger partial charge in [0.2, 0.25) is 0 Å². The maximum Gasteiger partial charge on any atom is 0.410 e. The third-order valence-electron chi connectivity index (χ3n) is 5.09. The maximum atomic E-state index is 12.3. The molecule has 3 N–H and O–H groups in total. The highest BCUT2D eigenvalue weighted by Crippen LogP contribution is 2.30. The summed E-state index contributed by atoms with van der Waals surface area (Å²) in [6.45, 7) is 8.55. The second kappa shape index (κ2) is 7.94. The highest BCUT2D eigenvalue weighted by Gasteiger charge is 2.24. The van der Waals surface area contributed by atoms with E-state index >= 15 is 0 Å². The number of phenolic OH excluding ortho intramolecular Hbond substituents is 1. The van der Waals surface area contributed by atoms with Crippen molar-refractivity contribution >= 4 is 34.2 Å². The van der Waals surface area contributed by atoms with Gasteiger partial charge in [-0.15, -0.1) is 0 Å². The highest BCUT2D eigenvalue weighted by molar-refractivity contribution is 5.92. The number of benzene rings is 1. The molecule has 0 fully saturated rings. The molecule has 3 aromatic rings. The molecule has 0 aliphatic carbocycles. The predicted molar refractivity (Wildman–Crippen MR) is 120 cm³/mol. The van der Waals surface area contributed by atoms with Crippen LogP contribution in [0.2, 0.25) is 0 Å². The lowest BCUT2D eigenvalue weighted by Gasteiger charge is -2.29. The number of H-pyrrole nitrogens is 1. The van der Waals surface area contributed by atoms with Crippen molar-refractivity contribution in [1.82, 2.24) is 19.9 Å². The molecule has 1 amide bonds. The number of aromatic hydroxyl groups is 1. The lowest BCUT2D eigenvalue weighted by Crippen LogP contribution is -2.39. The van der Waals surface area contributed by atoms with E-state index in [4.69, 9.17) is 4.74 Å². The topological polar surface area (TPSA) is 103 Å². The van der Waals surface area contributed by atoms with Crippen LogP contribution in [-0.2, 0) is 4.74 Å². The van der Waals surface area contributed by atoms with Crippen molar-refractivity contribution in [2.75, 3.05) is 18.4 Å². The third kappa shape index (κ3) is 4.63. The van der Waals surface area contributed by atoms with Gasteiger partial charge in [0.25, 0.3) is 0 Å². The summed E-state index contributed by atoms with van der Waals surface area (Å²) in [5, 5.41) is 13.9. The number of amides is 1. The van der Waals surface area contributed by atoms with Gasteiger partial charge in [0.05, 0.1) is 5.39 Å². The van der Waals surface area contributed by atoms with Crippen molar-refractivity contribution in [3.63, 3.8) is 0 Å². The number of hydrogen-bond acceptors (Lipinski definition) is 6. The van der Waals surface area contributed by atoms with E-state index in [0.717, 1.165) is 40.0 Å². The quantitative estimate of drug-likeness (QED) is 0.528. The molecule has 0 radical (unpaired) electrons. The summed E-state index contributed by atoms with van der Waals surface area (Å²) < 4.78 is 5.46. The Kier molecular flexibility index (Phi) is 5.31. The van der Waals surface area contributed by atoms with Crippen molar-refractivity contribution in [2.45, 2.75) is 39.7 Å². The number of hydrogen-bond donors (Lipinski definition) is 3. The first-order valence-corrected chi connectivity index (χ1v) is 10.3. The summed E-state index contributed by atoms with van der Waals surface area (Å²) in [5.74, 6) is 0.941. The summed E-state index contributed by atoms with van der Waals surface area (Å²) in [4.78, 5) is 26.1. The van der Waals surface area contributed by atoms with Gasteiger partial charge in [0, 0.05) is 24.5 Å². The molecule has 1 aromatic carbocycles. The average molecular weight is 422 g/mol. The molecule has 1 aliphatic heterocycles. The number of aryl methyl sites for hydroxylation is 1. The van der Waals surface area contributed by atoms with Crippen LogP contribution in [0.5, 0.6) is 5.75 Å². The lowest BCUT2D eigenvalue weighted by atomic mass is 10.1. The van der Waals surface area contributed by atoms with E-state index in [9.17, 15) is 9.90 Å². The summed E-state index contributed by atoms with van der Waals surface area (Å²) in [6, 6.07) is 7.35. The molecule has 4 rings (SSSR count). The smallest absolute Gasteiger partial charge is 0.410 e. The first kappa shape index (κ1) is 20.7. The van der Waals surface area contributed by atoms with Crippen LogP contribution in [0.3, 0.4) is 0 Å². The zero-order valence-electron chi connectivity index (χ0n) is 18.2. The van der Waals surface area contributed by atoms with Gasteiger partial charge in [-0.25, -0.2) is 14.8 Å². The number of anilines is 2. The minimum Gasteiger partial charge on any atom is -0.508 e. The Morgan fingerprint density at radius 3 is 2.74 bits per heavy atom. The fourth-order valence-electron chi connectivity index (χ4n) is 3.49. The molecule has 31 heavy (non-hydrogen) atoms. The number of carbonyl (C=O) groups is 1. The van der Waals surface area contributed by atoms with Crippen LogP contribution in [0.1, 0.15) is 38.4 Å². The van der Waals surface area contributed by atoms with Crippen LogP contribution in [0.25, 0.3) is 16.6 Å². The van der Waals surface area contributed by atoms with Crippen LogP contribution < -0.4 is 5.32 Å². The SMILES string of the molecule is Cc1cc(Nc2ncnc3[nH]c(C4=CCN(C(=O)OC(C)(C)C)CC4)cc23)ccc1O. The van der Waals surface area contributed by atoms with Gasteiger partial charge in [0.1, 0.15) is 29.1 Å². The maximum absolute atomic E-state index is 12.3. The fraction of sp³-hybridized carbons (Fsp3) is 0.348. The minimum absolute atomic E-state index is 0.256. The first-order valence-electron chi connectivity index (χ1n) is 10.3. The van der Waals surface area contributed by atoms with Crippen LogP contribution in [0.4, 0.5) is 16.3 Å².